The van der Waals surface area contributed by atoms with Crippen molar-refractivity contribution in [1.82, 2.24) is 53.2 Å². The first-order chi connectivity index (χ1) is 29.0. The standard InChI is InChI=1S/C31H43Cl2N21O8/c32-12-7-4-8-13(33)11(12)9-44-26(61)27(62)45-14(10-5-2-1-3-6-10)21(56)47-18(52-29(38)39)23(58)49-20(54-31(42)43)25(60)50-19(53-30(40)41)24(59)48-17(51-28(36)37)22(57)46-15(34)16(35)55/h1-9,14-15,17-20,26,61H,34H2,(H2,35,55)(H,45,62)(H,46,57)(H,47,56)(H,48,59)(H,49,58)(H,50,60)(H4,36,37,51)(H4,38,39,52)(H4,40,41,53)(H4,42,43,54)/b44-9+. The third kappa shape index (κ3) is 16.3. The fourth-order valence-corrected chi connectivity index (χ4v) is 5.01. The molecular formula is C31H43Cl2N21O8. The first kappa shape index (κ1) is 50.1. The van der Waals surface area contributed by atoms with Crippen molar-refractivity contribution in [3.63, 3.8) is 0 Å². The van der Waals surface area contributed by atoms with Gasteiger partial charge in [0.2, 0.25) is 12.1 Å². The van der Waals surface area contributed by atoms with Gasteiger partial charge < -0.3 is 92.7 Å². The van der Waals surface area contributed by atoms with E-state index in [2.05, 4.69) is 26.3 Å². The highest BCUT2D eigenvalue weighted by Gasteiger charge is 2.34. The maximum atomic E-state index is 13.8. The summed E-state index contributed by atoms with van der Waals surface area (Å²) in [7, 11) is 0. The molecule has 0 aliphatic heterocycles. The molecule has 2 aromatic carbocycles. The highest BCUT2D eigenvalue weighted by Crippen LogP contribution is 2.22. The molecule has 7 atom stereocenters. The number of nitrogens with one attached hydrogen (secondary N) is 14. The minimum atomic E-state index is -2.13. The Hall–Kier alpha value is -8.02. The van der Waals surface area contributed by atoms with Crippen LogP contribution in [0.15, 0.2) is 53.5 Å². The van der Waals surface area contributed by atoms with Crippen molar-refractivity contribution < 1.29 is 38.7 Å². The van der Waals surface area contributed by atoms with Gasteiger partial charge in [-0.25, -0.2) is 0 Å². The third-order valence-corrected chi connectivity index (χ3v) is 7.92. The normalized spacial score (nSPS) is 14.0. The molecule has 27 N–H and O–H groups in total. The number of benzene rings is 2. The van der Waals surface area contributed by atoms with Crippen LogP contribution in [-0.2, 0) is 33.6 Å². The number of aliphatic hydroxyl groups is 1. The Bertz CT molecular complexity index is 2070. The summed E-state index contributed by atoms with van der Waals surface area (Å²) in [4.78, 5) is 94.9. The number of aliphatic hydroxyl groups excluding tert-OH is 1. The number of carbonyl (C=O) groups is 7. The maximum absolute atomic E-state index is 13.8. The molecule has 0 heterocycles. The molecule has 0 saturated carbocycles. The number of carbonyl (C=O) groups excluding carboxylic acids is 7. The van der Waals surface area contributed by atoms with Crippen molar-refractivity contribution in [2.24, 2.45) is 39.4 Å². The fraction of sp³-hybridized carbons (Fsp3) is 0.226. The van der Waals surface area contributed by atoms with Gasteiger partial charge in [0.05, 0.1) is 10.0 Å². The smallest absolute Gasteiger partial charge is 0.272 e. The summed E-state index contributed by atoms with van der Waals surface area (Å²) in [5.41, 5.74) is 32.2. The molecule has 29 nitrogen and oxygen atoms in total. The summed E-state index contributed by atoms with van der Waals surface area (Å²) in [5.74, 6) is -12.7. The van der Waals surface area contributed by atoms with E-state index in [9.17, 15) is 38.7 Å². The van der Waals surface area contributed by atoms with Gasteiger partial charge in [-0.2, -0.15) is 0 Å². The van der Waals surface area contributed by atoms with Crippen LogP contribution in [0.4, 0.5) is 0 Å². The Balaban J connectivity index is 2.37. The summed E-state index contributed by atoms with van der Waals surface area (Å²) in [6.07, 6.45) is -11.1. The van der Waals surface area contributed by atoms with E-state index >= 15 is 0 Å². The van der Waals surface area contributed by atoms with E-state index in [-0.39, 0.29) is 21.2 Å². The van der Waals surface area contributed by atoms with Crippen LogP contribution in [0.3, 0.4) is 0 Å². The second-order valence-corrected chi connectivity index (χ2v) is 12.8. The molecule has 0 aliphatic carbocycles. The zero-order chi connectivity index (χ0) is 46.8. The topological polar surface area (TPSA) is 524 Å². The number of aliphatic imine (C=N–C) groups is 1. The van der Waals surface area contributed by atoms with Crippen molar-refractivity contribution in [3.8, 4) is 0 Å². The molecule has 7 amide bonds. The van der Waals surface area contributed by atoms with Gasteiger partial charge in [-0.15, -0.1) is 0 Å². The van der Waals surface area contributed by atoms with Crippen LogP contribution in [0.25, 0.3) is 0 Å². The highest BCUT2D eigenvalue weighted by atomic mass is 35.5. The largest absolute Gasteiger partial charge is 0.370 e. The zero-order valence-corrected chi connectivity index (χ0v) is 33.2. The average Bonchev–Trinajstić information content (AvgIpc) is 3.17. The molecule has 0 aliphatic rings. The number of halogens is 2. The monoisotopic (exact) mass is 907 g/mol. The second-order valence-electron chi connectivity index (χ2n) is 12.0. The predicted molar refractivity (Wildman–Crippen MR) is 221 cm³/mol. The Morgan fingerprint density at radius 1 is 0.532 bits per heavy atom. The van der Waals surface area contributed by atoms with Gasteiger partial charge in [0.25, 0.3) is 35.4 Å². The van der Waals surface area contributed by atoms with Crippen LogP contribution in [0.5, 0.6) is 0 Å². The third-order valence-electron chi connectivity index (χ3n) is 7.26. The lowest BCUT2D eigenvalue weighted by Gasteiger charge is -2.28. The van der Waals surface area contributed by atoms with Crippen LogP contribution < -0.4 is 87.6 Å². The van der Waals surface area contributed by atoms with Crippen LogP contribution in [-0.4, -0.2) is 114 Å². The molecule has 0 fully saturated rings. The highest BCUT2D eigenvalue weighted by molar-refractivity contribution is 6.38. The summed E-state index contributed by atoms with van der Waals surface area (Å²) in [6, 6.07) is 10.2. The van der Waals surface area contributed by atoms with E-state index in [1.165, 1.54) is 36.4 Å². The van der Waals surface area contributed by atoms with Crippen LogP contribution in [0.2, 0.25) is 10.0 Å². The molecule has 0 saturated heterocycles. The molecular weight excluding hydrogens is 865 g/mol. The molecule has 0 spiro atoms. The van der Waals surface area contributed by atoms with E-state index in [1.54, 1.807) is 12.1 Å². The van der Waals surface area contributed by atoms with Gasteiger partial charge in [-0.05, 0) is 17.7 Å². The molecule has 0 bridgehead atoms. The maximum Gasteiger partial charge on any atom is 0.272 e. The number of nitrogens with two attached hydrogens (primary N) is 6. The second kappa shape index (κ2) is 23.5. The molecule has 2 aromatic rings. The van der Waals surface area contributed by atoms with Crippen molar-refractivity contribution in [2.45, 2.75) is 43.1 Å². The number of hydrogen-bond donors (Lipinski definition) is 21. The van der Waals surface area contributed by atoms with Gasteiger partial charge in [-0.1, -0.05) is 59.6 Å². The first-order valence-corrected chi connectivity index (χ1v) is 17.8. The van der Waals surface area contributed by atoms with Crippen molar-refractivity contribution >= 4 is 94.6 Å². The lowest BCUT2D eigenvalue weighted by atomic mass is 10.1. The van der Waals surface area contributed by atoms with E-state index in [0.717, 1.165) is 6.21 Å². The van der Waals surface area contributed by atoms with Gasteiger partial charge in [0.15, 0.2) is 54.7 Å². The Kier molecular flexibility index (Phi) is 19.0. The first-order valence-electron chi connectivity index (χ1n) is 17.0. The predicted octanol–water partition coefficient (Wildman–Crippen LogP) is -7.82. The number of hydrogen-bond acceptors (Lipinski definition) is 14. The summed E-state index contributed by atoms with van der Waals surface area (Å²) in [5, 5.41) is 61.9. The Morgan fingerprint density at radius 2 is 0.903 bits per heavy atom. The molecule has 0 aromatic heterocycles. The number of rotatable bonds is 20. The SMILES string of the molecule is N=C(N)NC(NC(=O)C(NC(=N)N)NC(=O)C(NC(=N)N)NC(=O)C(NC(=N)N)NC(=O)C(NC(=O)C(O)/N=C/c1c(Cl)cccc1Cl)c1ccccc1)C(=O)NC(N)C(N)=O. The molecule has 31 heteroatoms. The number of amides is 7. The minimum Gasteiger partial charge on any atom is -0.370 e. The van der Waals surface area contributed by atoms with Gasteiger partial charge in [0, 0.05) is 11.8 Å². The van der Waals surface area contributed by atoms with E-state index in [0.29, 0.717) is 0 Å². The van der Waals surface area contributed by atoms with Crippen LogP contribution in [0.1, 0.15) is 17.2 Å². The Labute approximate surface area is 359 Å². The number of primary amides is 1. The number of nitrogens with zero attached hydrogens (tertiary/aromatic N) is 1. The molecule has 334 valence electrons. The van der Waals surface area contributed by atoms with E-state index < -0.39 is 108 Å². The lowest BCUT2D eigenvalue weighted by molar-refractivity contribution is -0.136. The lowest BCUT2D eigenvalue weighted by Crippen LogP contribution is -2.69. The van der Waals surface area contributed by atoms with E-state index in [4.69, 9.17) is 79.2 Å². The van der Waals surface area contributed by atoms with Crippen LogP contribution >= 0.6 is 23.2 Å². The quantitative estimate of drug-likeness (QED) is 0.0333. The average molecular weight is 909 g/mol. The Morgan fingerprint density at radius 3 is 1.27 bits per heavy atom. The minimum absolute atomic E-state index is 0.109. The number of guanidine groups is 4. The van der Waals surface area contributed by atoms with Gasteiger partial charge >= 0.3 is 0 Å². The van der Waals surface area contributed by atoms with E-state index in [1.807, 2.05) is 31.9 Å². The van der Waals surface area contributed by atoms with Gasteiger partial charge in [0.1, 0.15) is 6.04 Å². The summed E-state index contributed by atoms with van der Waals surface area (Å²) < 4.78 is 0. The molecule has 0 radical (unpaired) electrons. The zero-order valence-electron chi connectivity index (χ0n) is 31.7. The molecule has 7 unspecified atom stereocenters. The van der Waals surface area contributed by atoms with Crippen molar-refractivity contribution in [1.29, 1.82) is 21.6 Å². The molecule has 2 rings (SSSR count). The van der Waals surface area contributed by atoms with Gasteiger partial charge in [-0.3, -0.25) is 60.2 Å². The fourth-order valence-electron chi connectivity index (χ4n) is 4.51. The summed E-state index contributed by atoms with van der Waals surface area (Å²) >= 11 is 12.2. The van der Waals surface area contributed by atoms with Crippen molar-refractivity contribution in [2.75, 3.05) is 0 Å². The molecule has 62 heavy (non-hydrogen) atoms. The van der Waals surface area contributed by atoms with Crippen molar-refractivity contribution in [3.05, 3.63) is 69.7 Å². The summed E-state index contributed by atoms with van der Waals surface area (Å²) in [6.45, 7) is 0. The van der Waals surface area contributed by atoms with Crippen LogP contribution in [0, 0.1) is 21.6 Å².